The molecule has 24 heavy (non-hydrogen) atoms. The SMILES string of the molecule is CC/C=C/C(F)(F)C(/C=C/B1OC(C)(C)C(C)(C)O1)OCCCC. The van der Waals surface area contributed by atoms with Gasteiger partial charge in [-0.15, -0.1) is 0 Å². The maximum Gasteiger partial charge on any atom is 0.486 e. The van der Waals surface area contributed by atoms with Gasteiger partial charge in [0.15, 0.2) is 0 Å². The Kier molecular flexibility index (Phi) is 7.63. The zero-order chi connectivity index (χ0) is 18.4. The minimum Gasteiger partial charge on any atom is -0.400 e. The van der Waals surface area contributed by atoms with Crippen molar-refractivity contribution < 1.29 is 22.8 Å². The fourth-order valence-corrected chi connectivity index (χ4v) is 2.18. The first-order chi connectivity index (χ1) is 11.1. The molecule has 0 radical (unpaired) electrons. The van der Waals surface area contributed by atoms with E-state index in [0.29, 0.717) is 13.0 Å². The predicted molar refractivity (Wildman–Crippen MR) is 94.2 cm³/mol. The van der Waals surface area contributed by atoms with E-state index in [0.717, 1.165) is 18.9 Å². The minimum absolute atomic E-state index is 0.296. The van der Waals surface area contributed by atoms with Crippen molar-refractivity contribution in [2.45, 2.75) is 84.0 Å². The van der Waals surface area contributed by atoms with Gasteiger partial charge in [-0.25, -0.2) is 0 Å². The van der Waals surface area contributed by atoms with E-state index in [1.165, 1.54) is 18.1 Å². The van der Waals surface area contributed by atoms with E-state index in [1.807, 2.05) is 41.5 Å². The van der Waals surface area contributed by atoms with Crippen molar-refractivity contribution in [1.29, 1.82) is 0 Å². The maximum atomic E-state index is 14.3. The summed E-state index contributed by atoms with van der Waals surface area (Å²) in [6.07, 6.45) is 4.59. The molecule has 1 unspecified atom stereocenters. The first-order valence-corrected chi connectivity index (χ1v) is 8.77. The molecule has 1 rings (SSSR count). The van der Waals surface area contributed by atoms with Crippen molar-refractivity contribution in [3.63, 3.8) is 0 Å². The summed E-state index contributed by atoms with van der Waals surface area (Å²) < 4.78 is 45.7. The van der Waals surface area contributed by atoms with Gasteiger partial charge in [0.25, 0.3) is 5.92 Å². The Morgan fingerprint density at radius 1 is 1.12 bits per heavy atom. The molecule has 1 heterocycles. The predicted octanol–water partition coefficient (Wildman–Crippen LogP) is 4.96. The summed E-state index contributed by atoms with van der Waals surface area (Å²) in [7, 11) is -0.654. The van der Waals surface area contributed by atoms with Crippen LogP contribution in [-0.4, -0.2) is 37.0 Å². The number of ether oxygens (including phenoxy) is 1. The molecule has 0 bridgehead atoms. The van der Waals surface area contributed by atoms with Crippen molar-refractivity contribution >= 4 is 7.12 Å². The molecule has 3 nitrogen and oxygen atoms in total. The fourth-order valence-electron chi connectivity index (χ4n) is 2.18. The summed E-state index contributed by atoms with van der Waals surface area (Å²) >= 11 is 0. The van der Waals surface area contributed by atoms with Crippen LogP contribution in [0.3, 0.4) is 0 Å². The lowest BCUT2D eigenvalue weighted by molar-refractivity contribution is -0.0824. The van der Waals surface area contributed by atoms with Gasteiger partial charge in [-0.05, 0) is 46.6 Å². The van der Waals surface area contributed by atoms with Crippen molar-refractivity contribution in [3.8, 4) is 0 Å². The second-order valence-electron chi connectivity index (χ2n) is 7.14. The third-order valence-electron chi connectivity index (χ3n) is 4.46. The number of halogens is 2. The van der Waals surface area contributed by atoms with Gasteiger partial charge in [0.05, 0.1) is 11.2 Å². The first kappa shape index (κ1) is 21.3. The second kappa shape index (κ2) is 8.59. The van der Waals surface area contributed by atoms with Crippen LogP contribution in [0.2, 0.25) is 0 Å². The fraction of sp³-hybridized carbons (Fsp3) is 0.778. The summed E-state index contributed by atoms with van der Waals surface area (Å²) in [4.78, 5) is 0. The molecule has 1 aliphatic heterocycles. The van der Waals surface area contributed by atoms with Gasteiger partial charge in [-0.3, -0.25) is 0 Å². The highest BCUT2D eigenvalue weighted by Gasteiger charge is 2.50. The normalized spacial score (nSPS) is 21.9. The van der Waals surface area contributed by atoms with Crippen LogP contribution in [0.25, 0.3) is 0 Å². The van der Waals surface area contributed by atoms with E-state index in [1.54, 1.807) is 0 Å². The molecule has 0 saturated carbocycles. The van der Waals surface area contributed by atoms with Crippen LogP contribution in [0.1, 0.15) is 60.8 Å². The molecule has 0 amide bonds. The molecule has 0 spiro atoms. The number of allylic oxidation sites excluding steroid dienone is 1. The maximum absolute atomic E-state index is 14.3. The van der Waals surface area contributed by atoms with Crippen molar-refractivity contribution in [3.05, 3.63) is 24.2 Å². The molecule has 0 aliphatic carbocycles. The van der Waals surface area contributed by atoms with Crippen LogP contribution < -0.4 is 0 Å². The summed E-state index contributed by atoms with van der Waals surface area (Å²) in [5.41, 5.74) is -0.990. The summed E-state index contributed by atoms with van der Waals surface area (Å²) in [5.74, 6) is -1.54. The zero-order valence-electron chi connectivity index (χ0n) is 15.8. The molecule has 0 aromatic heterocycles. The molecule has 1 saturated heterocycles. The number of rotatable bonds is 9. The van der Waals surface area contributed by atoms with E-state index in [-0.39, 0.29) is 0 Å². The van der Waals surface area contributed by atoms with Gasteiger partial charge >= 0.3 is 7.12 Å². The van der Waals surface area contributed by atoms with Crippen LogP contribution in [0, 0.1) is 0 Å². The highest BCUT2D eigenvalue weighted by Crippen LogP contribution is 2.37. The average Bonchev–Trinajstić information content (AvgIpc) is 2.68. The number of alkyl halides is 2. The molecule has 1 fully saturated rings. The average molecular weight is 344 g/mol. The molecule has 138 valence electrons. The zero-order valence-corrected chi connectivity index (χ0v) is 15.8. The Morgan fingerprint density at radius 3 is 2.21 bits per heavy atom. The van der Waals surface area contributed by atoms with E-state index < -0.39 is 30.3 Å². The second-order valence-corrected chi connectivity index (χ2v) is 7.14. The Balaban J connectivity index is 2.83. The summed E-state index contributed by atoms with van der Waals surface area (Å²) in [6.45, 7) is 11.8. The lowest BCUT2D eigenvalue weighted by Crippen LogP contribution is -2.41. The minimum atomic E-state index is -3.07. The van der Waals surface area contributed by atoms with Crippen molar-refractivity contribution in [2.24, 2.45) is 0 Å². The smallest absolute Gasteiger partial charge is 0.400 e. The molecule has 0 aromatic rings. The first-order valence-electron chi connectivity index (χ1n) is 8.77. The largest absolute Gasteiger partial charge is 0.486 e. The molecule has 6 heteroatoms. The lowest BCUT2D eigenvalue weighted by Gasteiger charge is -2.32. The Hall–Kier alpha value is -0.715. The van der Waals surface area contributed by atoms with E-state index in [2.05, 4.69) is 0 Å². The third kappa shape index (κ3) is 5.68. The van der Waals surface area contributed by atoms with Gasteiger partial charge in [-0.1, -0.05) is 38.4 Å². The van der Waals surface area contributed by atoms with Crippen LogP contribution in [0.15, 0.2) is 24.2 Å². The Morgan fingerprint density at radius 2 is 1.71 bits per heavy atom. The van der Waals surface area contributed by atoms with Gasteiger partial charge in [0.2, 0.25) is 0 Å². The molecule has 0 N–H and O–H groups in total. The molecule has 1 aliphatic rings. The van der Waals surface area contributed by atoms with E-state index in [9.17, 15) is 8.78 Å². The van der Waals surface area contributed by atoms with Crippen molar-refractivity contribution in [2.75, 3.05) is 6.61 Å². The monoisotopic (exact) mass is 344 g/mol. The molecular weight excluding hydrogens is 313 g/mol. The number of unbranched alkanes of at least 4 members (excludes halogenated alkanes) is 1. The van der Waals surface area contributed by atoms with Crippen LogP contribution in [0.4, 0.5) is 8.78 Å². The molecule has 0 aromatic carbocycles. The van der Waals surface area contributed by atoms with E-state index >= 15 is 0 Å². The number of hydrogen-bond donors (Lipinski definition) is 0. The van der Waals surface area contributed by atoms with Gasteiger partial charge < -0.3 is 14.0 Å². The highest BCUT2D eigenvalue weighted by atomic mass is 19.3. The standard InChI is InChI=1S/C18H31BF2O3/c1-7-9-12-18(20,21)15(22-14-10-8-2)11-13-19-23-16(3,4)17(5,6)24-19/h9,11-13,15H,7-8,10,14H2,1-6H3/b12-9+,13-11+. The Bertz CT molecular complexity index is 432. The highest BCUT2D eigenvalue weighted by molar-refractivity contribution is 6.51. The van der Waals surface area contributed by atoms with E-state index in [4.69, 9.17) is 14.0 Å². The van der Waals surface area contributed by atoms with Crippen molar-refractivity contribution in [1.82, 2.24) is 0 Å². The van der Waals surface area contributed by atoms with Crippen LogP contribution in [0.5, 0.6) is 0 Å². The lowest BCUT2D eigenvalue weighted by atomic mass is 9.88. The quantitative estimate of drug-likeness (QED) is 0.336. The van der Waals surface area contributed by atoms with Crippen LogP contribution in [-0.2, 0) is 14.0 Å². The van der Waals surface area contributed by atoms with Gasteiger partial charge in [0, 0.05) is 6.61 Å². The van der Waals surface area contributed by atoms with Crippen LogP contribution >= 0.6 is 0 Å². The summed E-state index contributed by atoms with van der Waals surface area (Å²) in [6, 6.07) is 0. The molecular formula is C18H31BF2O3. The summed E-state index contributed by atoms with van der Waals surface area (Å²) in [5, 5.41) is 0. The van der Waals surface area contributed by atoms with Gasteiger partial charge in [-0.2, -0.15) is 8.78 Å². The number of hydrogen-bond acceptors (Lipinski definition) is 3. The Labute approximate surface area is 145 Å². The van der Waals surface area contributed by atoms with Gasteiger partial charge in [0.1, 0.15) is 6.10 Å². The topological polar surface area (TPSA) is 27.7 Å². The third-order valence-corrected chi connectivity index (χ3v) is 4.46. The molecule has 1 atom stereocenters.